The van der Waals surface area contributed by atoms with Gasteiger partial charge in [0.05, 0.1) is 5.69 Å². The first-order valence-electron chi connectivity index (χ1n) is 6.71. The zero-order chi connectivity index (χ0) is 16.1. The number of fused-ring (bicyclic) bond motifs is 2. The van der Waals surface area contributed by atoms with Gasteiger partial charge in [0.1, 0.15) is 4.91 Å². The minimum absolute atomic E-state index is 0.0990. The third-order valence-corrected chi connectivity index (χ3v) is 6.72. The van der Waals surface area contributed by atoms with Crippen LogP contribution in [0.3, 0.4) is 0 Å². The van der Waals surface area contributed by atoms with E-state index in [-0.39, 0.29) is 4.91 Å². The van der Waals surface area contributed by atoms with E-state index in [9.17, 15) is 13.2 Å². The lowest BCUT2D eigenvalue weighted by Gasteiger charge is -2.32. The summed E-state index contributed by atoms with van der Waals surface area (Å²) in [5.41, 5.74) is 1.92. The predicted molar refractivity (Wildman–Crippen MR) is 89.9 cm³/mol. The molecule has 5 nitrogen and oxygen atoms in total. The number of Topliss-reactive ketones (excluding diaryl/α,β-unsaturated/α-hetero) is 1. The zero-order valence-electron chi connectivity index (χ0n) is 12.5. The highest BCUT2D eigenvalue weighted by molar-refractivity contribution is 8.10. The molecule has 7 heteroatoms. The van der Waals surface area contributed by atoms with Crippen LogP contribution < -0.4 is 4.31 Å². The fourth-order valence-corrected chi connectivity index (χ4v) is 5.53. The van der Waals surface area contributed by atoms with Gasteiger partial charge in [-0.15, -0.1) is 11.8 Å². The molecule has 0 aromatic heterocycles. The summed E-state index contributed by atoms with van der Waals surface area (Å²) in [6, 6.07) is 7.26. The number of allylic oxidation sites excluding steroid dienone is 1. The summed E-state index contributed by atoms with van der Waals surface area (Å²) in [5.74, 6) is 0.0764. The molecular weight excluding hydrogens is 320 g/mol. The Balaban J connectivity index is 2.26. The minimum Gasteiger partial charge on any atom is -0.383 e. The fraction of sp³-hybridized carbons (Fsp3) is 0.267. The van der Waals surface area contributed by atoms with E-state index in [1.807, 2.05) is 26.2 Å². The average Bonchev–Trinajstić information content (AvgIpc) is 2.46. The van der Waals surface area contributed by atoms with Gasteiger partial charge in [-0.1, -0.05) is 18.2 Å². The molecule has 0 N–H and O–H groups in total. The van der Waals surface area contributed by atoms with Crippen LogP contribution in [0.4, 0.5) is 5.69 Å². The van der Waals surface area contributed by atoms with Crippen molar-refractivity contribution in [3.8, 4) is 0 Å². The van der Waals surface area contributed by atoms with Gasteiger partial charge < -0.3 is 4.90 Å². The molecule has 0 atom stereocenters. The Morgan fingerprint density at radius 3 is 2.64 bits per heavy atom. The normalized spacial score (nSPS) is 21.7. The Morgan fingerprint density at radius 1 is 1.27 bits per heavy atom. The van der Waals surface area contributed by atoms with Gasteiger partial charge in [-0.2, -0.15) is 0 Å². The van der Waals surface area contributed by atoms with E-state index in [0.29, 0.717) is 21.9 Å². The Kier molecular flexibility index (Phi) is 3.57. The molecule has 0 saturated heterocycles. The number of carbonyl (C=O) groups excluding carboxylic acids is 1. The van der Waals surface area contributed by atoms with Crippen LogP contribution in [0.15, 0.2) is 40.9 Å². The lowest BCUT2D eigenvalue weighted by molar-refractivity contribution is -0.111. The first-order chi connectivity index (χ1) is 10.3. The molecule has 0 amide bonds. The molecule has 0 saturated carbocycles. The summed E-state index contributed by atoms with van der Waals surface area (Å²) in [5, 5.41) is 0. The average molecular weight is 336 g/mol. The van der Waals surface area contributed by atoms with E-state index in [1.165, 1.54) is 23.1 Å². The number of benzene rings is 1. The maximum Gasteiger partial charge on any atom is 0.269 e. The molecule has 0 bridgehead atoms. The van der Waals surface area contributed by atoms with Crippen LogP contribution in [0.2, 0.25) is 0 Å². The summed E-state index contributed by atoms with van der Waals surface area (Å²) in [6.07, 6.45) is 1.69. The van der Waals surface area contributed by atoms with E-state index >= 15 is 0 Å². The van der Waals surface area contributed by atoms with Gasteiger partial charge in [0.15, 0.2) is 0 Å². The molecule has 0 aliphatic carbocycles. The van der Waals surface area contributed by atoms with Crippen molar-refractivity contribution in [2.45, 2.75) is 0 Å². The number of hydrogen-bond donors (Lipinski definition) is 0. The van der Waals surface area contributed by atoms with E-state index < -0.39 is 15.8 Å². The maximum absolute atomic E-state index is 12.7. The Hall–Kier alpha value is -1.73. The van der Waals surface area contributed by atoms with Gasteiger partial charge in [0.2, 0.25) is 5.78 Å². The van der Waals surface area contributed by atoms with Crippen LogP contribution in [0.5, 0.6) is 0 Å². The van der Waals surface area contributed by atoms with Crippen molar-refractivity contribution in [3.05, 3.63) is 46.5 Å². The van der Waals surface area contributed by atoms with Crippen LogP contribution in [0, 0.1) is 0 Å². The molecule has 2 heterocycles. The third kappa shape index (κ3) is 2.16. The summed E-state index contributed by atoms with van der Waals surface area (Å²) >= 11 is 1.41. The van der Waals surface area contributed by atoms with Crippen LogP contribution in [0.25, 0.3) is 4.91 Å². The topological polar surface area (TPSA) is 57.7 Å². The molecule has 2 aliphatic rings. The maximum atomic E-state index is 12.7. The quantitative estimate of drug-likeness (QED) is 0.733. The van der Waals surface area contributed by atoms with Crippen molar-refractivity contribution in [2.24, 2.45) is 0 Å². The van der Waals surface area contributed by atoms with Gasteiger partial charge in [-0.3, -0.25) is 9.10 Å². The van der Waals surface area contributed by atoms with Crippen LogP contribution in [-0.2, 0) is 14.8 Å². The molecular formula is C15H16N2O3S2. The largest absolute Gasteiger partial charge is 0.383 e. The van der Waals surface area contributed by atoms with Crippen LogP contribution >= 0.6 is 11.8 Å². The monoisotopic (exact) mass is 336 g/mol. The van der Waals surface area contributed by atoms with Crippen molar-refractivity contribution in [1.82, 2.24) is 4.90 Å². The van der Waals surface area contributed by atoms with E-state index in [1.54, 1.807) is 23.2 Å². The molecule has 1 aromatic rings. The summed E-state index contributed by atoms with van der Waals surface area (Å²) in [6.45, 7) is 0. The number of sulfonamides is 1. The second-order valence-corrected chi connectivity index (χ2v) is 8.28. The first-order valence-corrected chi connectivity index (χ1v) is 9.14. The number of carbonyl (C=O) groups is 1. The Labute approximate surface area is 134 Å². The third-order valence-electron chi connectivity index (χ3n) is 3.60. The molecule has 0 radical (unpaired) electrons. The molecule has 0 spiro atoms. The minimum atomic E-state index is -3.81. The van der Waals surface area contributed by atoms with Crippen molar-refractivity contribution in [2.75, 3.05) is 31.2 Å². The SMILES string of the molecule is CN(C)/C=C1/CSC2=C(C1=O)S(=O)(=O)N(C)c1ccccc12. The van der Waals surface area contributed by atoms with Crippen molar-refractivity contribution in [3.63, 3.8) is 0 Å². The van der Waals surface area contributed by atoms with Gasteiger partial charge in [0.25, 0.3) is 10.0 Å². The number of nitrogens with zero attached hydrogens (tertiary/aromatic N) is 2. The second-order valence-electron chi connectivity index (χ2n) is 5.38. The van der Waals surface area contributed by atoms with Crippen molar-refractivity contribution < 1.29 is 13.2 Å². The lowest BCUT2D eigenvalue weighted by atomic mass is 10.1. The molecule has 3 rings (SSSR count). The number of rotatable bonds is 1. The van der Waals surface area contributed by atoms with E-state index in [4.69, 9.17) is 0 Å². The molecule has 0 unspecified atom stereocenters. The Bertz CT molecular complexity index is 823. The molecule has 0 fully saturated rings. The summed E-state index contributed by atoms with van der Waals surface area (Å²) in [7, 11) is 1.30. The number of para-hydroxylation sites is 1. The number of hydrogen-bond acceptors (Lipinski definition) is 5. The zero-order valence-corrected chi connectivity index (χ0v) is 14.2. The van der Waals surface area contributed by atoms with Crippen LogP contribution in [0.1, 0.15) is 5.56 Å². The van der Waals surface area contributed by atoms with Crippen LogP contribution in [-0.4, -0.2) is 46.0 Å². The number of anilines is 1. The van der Waals surface area contributed by atoms with Gasteiger partial charge in [0, 0.05) is 49.1 Å². The molecule has 1 aromatic carbocycles. The molecule has 22 heavy (non-hydrogen) atoms. The number of thioether (sulfide) groups is 1. The van der Waals surface area contributed by atoms with Gasteiger partial charge >= 0.3 is 0 Å². The highest BCUT2D eigenvalue weighted by Gasteiger charge is 2.42. The second kappa shape index (κ2) is 5.17. The Morgan fingerprint density at radius 2 is 1.95 bits per heavy atom. The van der Waals surface area contributed by atoms with Gasteiger partial charge in [-0.05, 0) is 6.07 Å². The molecule has 116 valence electrons. The summed E-state index contributed by atoms with van der Waals surface area (Å²) < 4.78 is 26.7. The molecule has 2 aliphatic heterocycles. The van der Waals surface area contributed by atoms with E-state index in [0.717, 1.165) is 5.56 Å². The number of ketones is 1. The highest BCUT2D eigenvalue weighted by atomic mass is 32.2. The smallest absolute Gasteiger partial charge is 0.269 e. The van der Waals surface area contributed by atoms with E-state index in [2.05, 4.69) is 0 Å². The fourth-order valence-electron chi connectivity index (χ4n) is 2.58. The first kappa shape index (κ1) is 15.2. The highest BCUT2D eigenvalue weighted by Crippen LogP contribution is 2.47. The standard InChI is InChI=1S/C15H16N2O3S2/c1-16(2)8-10-9-21-14-11-6-4-5-7-12(11)17(3)22(19,20)15(14)13(10)18/h4-8H,9H2,1-3H3/b10-8-. The van der Waals surface area contributed by atoms with Crippen molar-refractivity contribution >= 4 is 38.2 Å². The predicted octanol–water partition coefficient (Wildman–Crippen LogP) is 1.90. The van der Waals surface area contributed by atoms with Crippen molar-refractivity contribution in [1.29, 1.82) is 0 Å². The van der Waals surface area contributed by atoms with Gasteiger partial charge in [-0.25, -0.2) is 8.42 Å². The summed E-state index contributed by atoms with van der Waals surface area (Å²) in [4.78, 5) is 14.9. The lowest BCUT2D eigenvalue weighted by Crippen LogP contribution is -2.37.